The lowest BCUT2D eigenvalue weighted by atomic mass is 10.2. The van der Waals surface area contributed by atoms with Gasteiger partial charge < -0.3 is 5.11 Å². The number of hydrogen-bond acceptors (Lipinski definition) is 3. The minimum atomic E-state index is -4.38. The molecule has 1 aromatic rings. The highest BCUT2D eigenvalue weighted by Crippen LogP contribution is 2.32. The fourth-order valence-electron chi connectivity index (χ4n) is 2.33. The Kier molecular flexibility index (Phi) is 3.89. The minimum absolute atomic E-state index is 0.129. The van der Waals surface area contributed by atoms with Gasteiger partial charge in [0.1, 0.15) is 0 Å². The second-order valence-electron chi connectivity index (χ2n) is 4.68. The zero-order valence-corrected chi connectivity index (χ0v) is 10.9. The first-order chi connectivity index (χ1) is 9.34. The van der Waals surface area contributed by atoms with E-state index in [0.29, 0.717) is 5.69 Å². The van der Waals surface area contributed by atoms with Gasteiger partial charge in [-0.1, -0.05) is 0 Å². The molecule has 20 heavy (non-hydrogen) atoms. The van der Waals surface area contributed by atoms with Crippen molar-refractivity contribution in [1.82, 2.24) is 5.01 Å². The Morgan fingerprint density at radius 2 is 1.90 bits per heavy atom. The number of aliphatic hydroxyl groups excluding tert-OH is 1. The second-order valence-corrected chi connectivity index (χ2v) is 4.68. The van der Waals surface area contributed by atoms with Gasteiger partial charge in [0.05, 0.1) is 36.9 Å². The Labute approximate surface area is 114 Å². The van der Waals surface area contributed by atoms with Gasteiger partial charge in [0.2, 0.25) is 5.91 Å². The maximum Gasteiger partial charge on any atom is 0.416 e. The molecule has 0 saturated carbocycles. The third-order valence-electron chi connectivity index (χ3n) is 3.21. The Balaban J connectivity index is 2.27. The molecule has 1 aliphatic heterocycles. The molecule has 1 fully saturated rings. The highest BCUT2D eigenvalue weighted by atomic mass is 19.4. The number of benzene rings is 1. The van der Waals surface area contributed by atoms with Gasteiger partial charge in [0, 0.05) is 0 Å². The minimum Gasteiger partial charge on any atom is -0.394 e. The van der Waals surface area contributed by atoms with Crippen LogP contribution in [0.1, 0.15) is 18.9 Å². The van der Waals surface area contributed by atoms with Crippen LogP contribution in [0, 0.1) is 0 Å². The molecule has 110 valence electrons. The molecule has 1 atom stereocenters. The van der Waals surface area contributed by atoms with Crippen LogP contribution in [-0.4, -0.2) is 35.2 Å². The normalized spacial score (nSPS) is 19.9. The first-order valence-corrected chi connectivity index (χ1v) is 6.22. The van der Waals surface area contributed by atoms with Gasteiger partial charge >= 0.3 is 6.18 Å². The molecule has 1 unspecified atom stereocenters. The highest BCUT2D eigenvalue weighted by Gasteiger charge is 2.35. The fraction of sp³-hybridized carbons (Fsp3) is 0.462. The average molecular weight is 288 g/mol. The Bertz CT molecular complexity index is 487. The van der Waals surface area contributed by atoms with Crippen LogP contribution in [0.4, 0.5) is 18.9 Å². The van der Waals surface area contributed by atoms with Crippen molar-refractivity contribution in [3.63, 3.8) is 0 Å². The van der Waals surface area contributed by atoms with Gasteiger partial charge in [0.15, 0.2) is 0 Å². The summed E-state index contributed by atoms with van der Waals surface area (Å²) < 4.78 is 37.6. The highest BCUT2D eigenvalue weighted by molar-refractivity contribution is 5.82. The lowest BCUT2D eigenvalue weighted by molar-refractivity contribution is -0.137. The molecule has 0 radical (unpaired) electrons. The van der Waals surface area contributed by atoms with E-state index >= 15 is 0 Å². The number of amides is 1. The summed E-state index contributed by atoms with van der Waals surface area (Å²) in [6.45, 7) is 1.74. The van der Waals surface area contributed by atoms with Gasteiger partial charge in [0.25, 0.3) is 0 Å². The SMILES string of the molecule is CC1CC(=O)N(CCO)N1c1ccc(C(F)(F)F)cc1. The standard InChI is InChI=1S/C13H15F3N2O2/c1-9-8-12(20)17(6-7-19)18(9)11-4-2-10(3-5-11)13(14,15)16/h2-5,9,19H,6-8H2,1H3. The van der Waals surface area contributed by atoms with Crippen molar-refractivity contribution >= 4 is 11.6 Å². The summed E-state index contributed by atoms with van der Waals surface area (Å²) in [7, 11) is 0. The molecule has 0 aliphatic carbocycles. The number of rotatable bonds is 3. The average Bonchev–Trinajstić information content (AvgIpc) is 2.64. The van der Waals surface area contributed by atoms with E-state index in [1.165, 1.54) is 17.1 Å². The summed E-state index contributed by atoms with van der Waals surface area (Å²) in [5.74, 6) is -0.147. The zero-order chi connectivity index (χ0) is 14.9. The lowest BCUT2D eigenvalue weighted by Crippen LogP contribution is -2.43. The smallest absolute Gasteiger partial charge is 0.394 e. The van der Waals surface area contributed by atoms with Crippen LogP contribution >= 0.6 is 0 Å². The number of alkyl halides is 3. The number of nitrogens with zero attached hydrogens (tertiary/aromatic N) is 2. The molecular formula is C13H15F3N2O2. The van der Waals surface area contributed by atoms with Gasteiger partial charge in [-0.2, -0.15) is 13.2 Å². The summed E-state index contributed by atoms with van der Waals surface area (Å²) in [6, 6.07) is 4.50. The van der Waals surface area contributed by atoms with E-state index in [4.69, 9.17) is 5.11 Å². The van der Waals surface area contributed by atoms with E-state index in [2.05, 4.69) is 0 Å². The second kappa shape index (κ2) is 5.32. The molecule has 0 aromatic heterocycles. The van der Waals surface area contributed by atoms with Crippen molar-refractivity contribution in [3.8, 4) is 0 Å². The number of hydrogen-bond donors (Lipinski definition) is 1. The molecule has 0 spiro atoms. The lowest BCUT2D eigenvalue weighted by Gasteiger charge is -2.32. The molecule has 1 N–H and O–H groups in total. The zero-order valence-electron chi connectivity index (χ0n) is 10.9. The number of β-amino-alcohol motifs (C(OH)–C–C–N with tert-alkyl or cyclic N) is 1. The number of halogens is 3. The van der Waals surface area contributed by atoms with E-state index < -0.39 is 11.7 Å². The number of carbonyl (C=O) groups is 1. The molecule has 0 bridgehead atoms. The molecule has 1 aliphatic rings. The Hall–Kier alpha value is -1.76. The molecule has 1 aromatic carbocycles. The maximum absolute atomic E-state index is 12.5. The van der Waals surface area contributed by atoms with E-state index in [-0.39, 0.29) is 31.5 Å². The van der Waals surface area contributed by atoms with Crippen LogP contribution < -0.4 is 5.01 Å². The van der Waals surface area contributed by atoms with E-state index in [1.54, 1.807) is 5.01 Å². The largest absolute Gasteiger partial charge is 0.416 e. The van der Waals surface area contributed by atoms with Crippen molar-refractivity contribution in [2.45, 2.75) is 25.6 Å². The molecule has 2 rings (SSSR count). The van der Waals surface area contributed by atoms with Crippen LogP contribution in [-0.2, 0) is 11.0 Å². The van der Waals surface area contributed by atoms with Gasteiger partial charge in [-0.3, -0.25) is 14.8 Å². The van der Waals surface area contributed by atoms with E-state index in [0.717, 1.165) is 12.1 Å². The van der Waals surface area contributed by atoms with Crippen molar-refractivity contribution in [2.75, 3.05) is 18.2 Å². The van der Waals surface area contributed by atoms with Gasteiger partial charge in [-0.15, -0.1) is 0 Å². The fourth-order valence-corrected chi connectivity index (χ4v) is 2.33. The quantitative estimate of drug-likeness (QED) is 0.925. The molecular weight excluding hydrogens is 273 g/mol. The van der Waals surface area contributed by atoms with Crippen LogP contribution in [0.2, 0.25) is 0 Å². The van der Waals surface area contributed by atoms with Crippen LogP contribution in [0.15, 0.2) is 24.3 Å². The van der Waals surface area contributed by atoms with Crippen LogP contribution in [0.25, 0.3) is 0 Å². The van der Waals surface area contributed by atoms with E-state index in [1.807, 2.05) is 6.92 Å². The summed E-state index contributed by atoms with van der Waals surface area (Å²) in [5.41, 5.74) is -0.224. The van der Waals surface area contributed by atoms with Crippen LogP contribution in [0.5, 0.6) is 0 Å². The third kappa shape index (κ3) is 2.72. The monoisotopic (exact) mass is 288 g/mol. The summed E-state index contributed by atoms with van der Waals surface area (Å²) >= 11 is 0. The van der Waals surface area contributed by atoms with Crippen LogP contribution in [0.3, 0.4) is 0 Å². The summed E-state index contributed by atoms with van der Waals surface area (Å²) in [4.78, 5) is 11.8. The Morgan fingerprint density at radius 3 is 2.40 bits per heavy atom. The van der Waals surface area contributed by atoms with E-state index in [9.17, 15) is 18.0 Å². The first-order valence-electron chi connectivity index (χ1n) is 6.22. The predicted octanol–water partition coefficient (Wildman–Crippen LogP) is 2.04. The van der Waals surface area contributed by atoms with Crippen molar-refractivity contribution in [1.29, 1.82) is 0 Å². The number of anilines is 1. The van der Waals surface area contributed by atoms with Gasteiger partial charge in [-0.25, -0.2) is 0 Å². The van der Waals surface area contributed by atoms with Gasteiger partial charge in [-0.05, 0) is 31.2 Å². The molecule has 1 heterocycles. The predicted molar refractivity (Wildman–Crippen MR) is 66.8 cm³/mol. The number of hydrazine groups is 1. The third-order valence-corrected chi connectivity index (χ3v) is 3.21. The first kappa shape index (κ1) is 14.6. The summed E-state index contributed by atoms with van der Waals surface area (Å²) in [5, 5.41) is 12.0. The molecule has 7 heteroatoms. The van der Waals surface area contributed by atoms with Crippen molar-refractivity contribution < 1.29 is 23.1 Å². The number of aliphatic hydroxyl groups is 1. The van der Waals surface area contributed by atoms with Crippen molar-refractivity contribution in [2.24, 2.45) is 0 Å². The maximum atomic E-state index is 12.5. The molecule has 1 amide bonds. The molecule has 4 nitrogen and oxygen atoms in total. The van der Waals surface area contributed by atoms with Crippen molar-refractivity contribution in [3.05, 3.63) is 29.8 Å². The number of carbonyl (C=O) groups excluding carboxylic acids is 1. The summed E-state index contributed by atoms with van der Waals surface area (Å²) in [6.07, 6.45) is -4.10. The Morgan fingerprint density at radius 1 is 1.30 bits per heavy atom. The topological polar surface area (TPSA) is 43.8 Å². The molecule has 1 saturated heterocycles.